The summed E-state index contributed by atoms with van der Waals surface area (Å²) in [5, 5.41) is 12.8. The maximum absolute atomic E-state index is 12.4. The molecule has 8 heteroatoms. The average molecular weight is 309 g/mol. The SMILES string of the molecule is CN(Cc1ccc(C(=O)O)cc1)S(=O)(=O)c1ccnn1C. The van der Waals surface area contributed by atoms with E-state index >= 15 is 0 Å². The Balaban J connectivity index is 2.19. The summed E-state index contributed by atoms with van der Waals surface area (Å²) in [4.78, 5) is 10.8. The summed E-state index contributed by atoms with van der Waals surface area (Å²) in [6.07, 6.45) is 1.42. The lowest BCUT2D eigenvalue weighted by molar-refractivity contribution is 0.0697. The molecule has 0 saturated heterocycles. The number of rotatable bonds is 5. The van der Waals surface area contributed by atoms with Gasteiger partial charge in [-0.2, -0.15) is 9.40 Å². The minimum Gasteiger partial charge on any atom is -0.478 e. The monoisotopic (exact) mass is 309 g/mol. The number of carbonyl (C=O) groups is 1. The largest absolute Gasteiger partial charge is 0.478 e. The number of nitrogens with zero attached hydrogens (tertiary/aromatic N) is 3. The Labute approximate surface area is 122 Å². The van der Waals surface area contributed by atoms with Crippen LogP contribution in [0.4, 0.5) is 0 Å². The molecule has 1 aromatic heterocycles. The van der Waals surface area contributed by atoms with Crippen LogP contribution in [0.2, 0.25) is 0 Å². The fraction of sp³-hybridized carbons (Fsp3) is 0.231. The van der Waals surface area contributed by atoms with Crippen molar-refractivity contribution in [3.8, 4) is 0 Å². The third-order valence-electron chi connectivity index (χ3n) is 3.06. The lowest BCUT2D eigenvalue weighted by Crippen LogP contribution is -2.28. The van der Waals surface area contributed by atoms with E-state index in [1.807, 2.05) is 0 Å². The zero-order valence-corrected chi connectivity index (χ0v) is 12.4. The fourth-order valence-corrected chi connectivity index (χ4v) is 3.12. The molecule has 0 radical (unpaired) electrons. The molecule has 0 fully saturated rings. The molecule has 1 N–H and O–H groups in total. The van der Waals surface area contributed by atoms with Crippen molar-refractivity contribution < 1.29 is 18.3 Å². The molecule has 21 heavy (non-hydrogen) atoms. The Hall–Kier alpha value is -2.19. The zero-order chi connectivity index (χ0) is 15.6. The Kier molecular flexibility index (Phi) is 4.10. The summed E-state index contributed by atoms with van der Waals surface area (Å²) in [7, 11) is -0.610. The molecule has 0 unspecified atom stereocenters. The topological polar surface area (TPSA) is 92.5 Å². The third kappa shape index (κ3) is 3.11. The van der Waals surface area contributed by atoms with Crippen LogP contribution in [-0.4, -0.2) is 40.6 Å². The van der Waals surface area contributed by atoms with E-state index in [9.17, 15) is 13.2 Å². The summed E-state index contributed by atoms with van der Waals surface area (Å²) >= 11 is 0. The van der Waals surface area contributed by atoms with Crippen LogP contribution < -0.4 is 0 Å². The molecule has 112 valence electrons. The van der Waals surface area contributed by atoms with Crippen molar-refractivity contribution in [3.63, 3.8) is 0 Å². The molecule has 0 bridgehead atoms. The number of aryl methyl sites for hydroxylation is 1. The molecule has 2 aromatic rings. The summed E-state index contributed by atoms with van der Waals surface area (Å²) in [5.41, 5.74) is 0.865. The minimum absolute atomic E-state index is 0.104. The summed E-state index contributed by atoms with van der Waals surface area (Å²) in [5.74, 6) is -1.02. The van der Waals surface area contributed by atoms with Crippen LogP contribution in [0.1, 0.15) is 15.9 Å². The third-order valence-corrected chi connectivity index (χ3v) is 4.94. The van der Waals surface area contributed by atoms with Gasteiger partial charge in [0.2, 0.25) is 0 Å². The lowest BCUT2D eigenvalue weighted by atomic mass is 10.1. The van der Waals surface area contributed by atoms with Crippen molar-refractivity contribution in [3.05, 3.63) is 47.7 Å². The van der Waals surface area contributed by atoms with Crippen molar-refractivity contribution in [2.75, 3.05) is 7.05 Å². The van der Waals surface area contributed by atoms with Crippen LogP contribution in [0, 0.1) is 0 Å². The van der Waals surface area contributed by atoms with Crippen LogP contribution >= 0.6 is 0 Å². The maximum Gasteiger partial charge on any atom is 0.335 e. The van der Waals surface area contributed by atoms with Gasteiger partial charge in [0, 0.05) is 20.6 Å². The van der Waals surface area contributed by atoms with Crippen LogP contribution in [0.5, 0.6) is 0 Å². The van der Waals surface area contributed by atoms with Gasteiger partial charge in [-0.1, -0.05) is 12.1 Å². The van der Waals surface area contributed by atoms with Crippen molar-refractivity contribution in [1.82, 2.24) is 14.1 Å². The number of carboxylic acids is 1. The minimum atomic E-state index is -3.63. The maximum atomic E-state index is 12.4. The van der Waals surface area contributed by atoms with E-state index in [0.29, 0.717) is 5.56 Å². The predicted molar refractivity (Wildman–Crippen MR) is 75.3 cm³/mol. The fourth-order valence-electron chi connectivity index (χ4n) is 1.87. The lowest BCUT2D eigenvalue weighted by Gasteiger charge is -2.17. The number of hydrogen-bond acceptors (Lipinski definition) is 4. The van der Waals surface area contributed by atoms with E-state index in [4.69, 9.17) is 5.11 Å². The van der Waals surface area contributed by atoms with Crippen LogP contribution in [0.25, 0.3) is 0 Å². The summed E-state index contributed by atoms with van der Waals surface area (Å²) in [6.45, 7) is 0.146. The molecule has 0 saturated carbocycles. The number of hydrogen-bond donors (Lipinski definition) is 1. The molecule has 7 nitrogen and oxygen atoms in total. The van der Waals surface area contributed by atoms with E-state index in [0.717, 1.165) is 0 Å². The van der Waals surface area contributed by atoms with Gasteiger partial charge >= 0.3 is 5.97 Å². The van der Waals surface area contributed by atoms with Gasteiger partial charge in [0.05, 0.1) is 11.8 Å². The second-order valence-corrected chi connectivity index (χ2v) is 6.55. The van der Waals surface area contributed by atoms with Gasteiger partial charge < -0.3 is 5.11 Å². The molecule has 0 atom stereocenters. The van der Waals surface area contributed by atoms with Crippen molar-refractivity contribution in [1.29, 1.82) is 0 Å². The summed E-state index contributed by atoms with van der Waals surface area (Å²) in [6, 6.07) is 7.52. The highest BCUT2D eigenvalue weighted by molar-refractivity contribution is 7.89. The molecular weight excluding hydrogens is 294 g/mol. The van der Waals surface area contributed by atoms with Gasteiger partial charge in [0.1, 0.15) is 0 Å². The van der Waals surface area contributed by atoms with Crippen molar-refractivity contribution in [2.45, 2.75) is 11.6 Å². The molecule has 2 rings (SSSR count). The highest BCUT2D eigenvalue weighted by Crippen LogP contribution is 2.16. The Bertz CT molecular complexity index is 750. The number of sulfonamides is 1. The van der Waals surface area contributed by atoms with E-state index in [2.05, 4.69) is 5.10 Å². The highest BCUT2D eigenvalue weighted by Gasteiger charge is 2.23. The first-order chi connectivity index (χ1) is 9.82. The van der Waals surface area contributed by atoms with Gasteiger partial charge in [-0.3, -0.25) is 4.68 Å². The molecule has 0 spiro atoms. The van der Waals surface area contributed by atoms with E-state index in [1.165, 1.54) is 40.4 Å². The average Bonchev–Trinajstić information content (AvgIpc) is 2.86. The first-order valence-electron chi connectivity index (χ1n) is 6.09. The van der Waals surface area contributed by atoms with Gasteiger partial charge in [0.25, 0.3) is 10.0 Å². The first-order valence-corrected chi connectivity index (χ1v) is 7.53. The van der Waals surface area contributed by atoms with Crippen LogP contribution in [0.3, 0.4) is 0 Å². The van der Waals surface area contributed by atoms with Gasteiger partial charge in [-0.05, 0) is 23.8 Å². The zero-order valence-electron chi connectivity index (χ0n) is 11.6. The van der Waals surface area contributed by atoms with Crippen molar-refractivity contribution >= 4 is 16.0 Å². The molecule has 1 heterocycles. The molecule has 0 amide bonds. The van der Waals surface area contributed by atoms with E-state index in [1.54, 1.807) is 19.2 Å². The van der Waals surface area contributed by atoms with Gasteiger partial charge in [-0.25, -0.2) is 13.2 Å². The predicted octanol–water partition coefficient (Wildman–Crippen LogP) is 0.939. The highest BCUT2D eigenvalue weighted by atomic mass is 32.2. The standard InChI is InChI=1S/C13H15N3O4S/c1-15(21(19,20)12-7-8-14-16(12)2)9-10-3-5-11(6-4-10)13(17)18/h3-8H,9H2,1-2H3,(H,17,18). The van der Waals surface area contributed by atoms with E-state index < -0.39 is 16.0 Å². The van der Waals surface area contributed by atoms with Gasteiger partial charge in [-0.15, -0.1) is 0 Å². The van der Waals surface area contributed by atoms with Crippen LogP contribution in [-0.2, 0) is 23.6 Å². The molecule has 0 aliphatic rings. The Morgan fingerprint density at radius 1 is 1.29 bits per heavy atom. The Morgan fingerprint density at radius 2 is 1.90 bits per heavy atom. The molecular formula is C13H15N3O4S. The molecule has 0 aliphatic heterocycles. The van der Waals surface area contributed by atoms with Gasteiger partial charge in [0.15, 0.2) is 5.03 Å². The van der Waals surface area contributed by atoms with Crippen molar-refractivity contribution in [2.24, 2.45) is 7.05 Å². The van der Waals surface area contributed by atoms with Crippen LogP contribution in [0.15, 0.2) is 41.6 Å². The normalized spacial score (nSPS) is 11.8. The first kappa shape index (κ1) is 15.2. The smallest absolute Gasteiger partial charge is 0.335 e. The molecule has 0 aliphatic carbocycles. The quantitative estimate of drug-likeness (QED) is 0.887. The molecule has 1 aromatic carbocycles. The number of aromatic nitrogens is 2. The summed E-state index contributed by atoms with van der Waals surface area (Å²) < 4.78 is 27.2. The second-order valence-electron chi connectivity index (χ2n) is 4.56. The van der Waals surface area contributed by atoms with E-state index in [-0.39, 0.29) is 17.1 Å². The number of benzene rings is 1. The Morgan fingerprint density at radius 3 is 2.38 bits per heavy atom. The second kappa shape index (κ2) is 5.66. The number of aromatic carboxylic acids is 1. The number of carboxylic acid groups (broad SMARTS) is 1.